The van der Waals surface area contributed by atoms with Gasteiger partial charge in [0.05, 0.1) is 18.7 Å². The van der Waals surface area contributed by atoms with Crippen molar-refractivity contribution in [1.29, 1.82) is 0 Å². The van der Waals surface area contributed by atoms with Gasteiger partial charge in [-0.1, -0.05) is 30.3 Å². The van der Waals surface area contributed by atoms with Gasteiger partial charge < -0.3 is 15.0 Å². The van der Waals surface area contributed by atoms with Gasteiger partial charge in [-0.05, 0) is 43.0 Å². The van der Waals surface area contributed by atoms with Crippen LogP contribution in [0.25, 0.3) is 10.9 Å². The van der Waals surface area contributed by atoms with Gasteiger partial charge in [0.25, 0.3) is 5.91 Å². The normalized spacial score (nSPS) is 16.6. The van der Waals surface area contributed by atoms with Gasteiger partial charge >= 0.3 is 0 Å². The third-order valence-electron chi connectivity index (χ3n) is 4.77. The van der Waals surface area contributed by atoms with Crippen LogP contribution in [0.15, 0.2) is 48.5 Å². The second-order valence-corrected chi connectivity index (χ2v) is 6.18. The summed E-state index contributed by atoms with van der Waals surface area (Å²) >= 11 is 0. The number of nitrogens with one attached hydrogen (secondary N) is 2. The highest BCUT2D eigenvalue weighted by molar-refractivity contribution is 5.97. The number of aryl methyl sites for hydroxylation is 1. The van der Waals surface area contributed by atoms with Crippen molar-refractivity contribution in [2.45, 2.75) is 25.3 Å². The molecule has 24 heavy (non-hydrogen) atoms. The highest BCUT2D eigenvalue weighted by Crippen LogP contribution is 2.35. The Labute approximate surface area is 140 Å². The maximum Gasteiger partial charge on any atom is 0.255 e. The van der Waals surface area contributed by atoms with Crippen molar-refractivity contribution in [3.63, 3.8) is 0 Å². The van der Waals surface area contributed by atoms with Crippen LogP contribution >= 0.6 is 0 Å². The van der Waals surface area contributed by atoms with Gasteiger partial charge in [-0.2, -0.15) is 0 Å². The molecule has 4 nitrogen and oxygen atoms in total. The Morgan fingerprint density at radius 2 is 1.96 bits per heavy atom. The number of carbonyl (C=O) groups is 1. The van der Waals surface area contributed by atoms with Gasteiger partial charge in [0.15, 0.2) is 0 Å². The largest absolute Gasteiger partial charge is 0.496 e. The molecule has 0 saturated carbocycles. The quantitative estimate of drug-likeness (QED) is 0.767. The van der Waals surface area contributed by atoms with Crippen molar-refractivity contribution in [2.75, 3.05) is 7.11 Å². The number of benzene rings is 2. The van der Waals surface area contributed by atoms with Crippen LogP contribution in [-0.4, -0.2) is 18.0 Å². The van der Waals surface area contributed by atoms with Gasteiger partial charge in [0, 0.05) is 16.6 Å². The van der Waals surface area contributed by atoms with Crippen molar-refractivity contribution in [2.24, 2.45) is 0 Å². The Morgan fingerprint density at radius 3 is 2.83 bits per heavy atom. The molecule has 1 aliphatic carbocycles. The number of aromatic amines is 1. The van der Waals surface area contributed by atoms with Crippen LogP contribution < -0.4 is 10.1 Å². The lowest BCUT2D eigenvalue weighted by Crippen LogP contribution is -2.31. The molecule has 2 N–H and O–H groups in total. The number of methoxy groups -OCH3 is 1. The fourth-order valence-electron chi connectivity index (χ4n) is 3.63. The second-order valence-electron chi connectivity index (χ2n) is 6.18. The van der Waals surface area contributed by atoms with Crippen molar-refractivity contribution in [1.82, 2.24) is 10.3 Å². The fraction of sp³-hybridized carbons (Fsp3) is 0.250. The summed E-state index contributed by atoms with van der Waals surface area (Å²) < 4.78 is 5.30. The zero-order valence-electron chi connectivity index (χ0n) is 13.6. The van der Waals surface area contributed by atoms with Gasteiger partial charge in [-0.15, -0.1) is 0 Å². The molecular formula is C20H20N2O2. The van der Waals surface area contributed by atoms with E-state index in [4.69, 9.17) is 4.74 Å². The Kier molecular flexibility index (Phi) is 3.73. The summed E-state index contributed by atoms with van der Waals surface area (Å²) in [5.74, 6) is 0.506. The van der Waals surface area contributed by atoms with Gasteiger partial charge in [0.2, 0.25) is 0 Å². The number of carbonyl (C=O) groups excluding carboxylic acids is 1. The first-order valence-electron chi connectivity index (χ1n) is 8.31. The van der Waals surface area contributed by atoms with Crippen LogP contribution in [0.4, 0.5) is 0 Å². The molecule has 1 aliphatic rings. The molecule has 0 fully saturated rings. The number of fused-ring (bicyclic) bond motifs is 3. The molecular weight excluding hydrogens is 300 g/mol. The predicted molar refractivity (Wildman–Crippen MR) is 94.4 cm³/mol. The van der Waals surface area contributed by atoms with E-state index in [9.17, 15) is 4.79 Å². The first kappa shape index (κ1) is 14.8. The molecule has 122 valence electrons. The van der Waals surface area contributed by atoms with Crippen LogP contribution in [0.3, 0.4) is 0 Å². The van der Waals surface area contributed by atoms with E-state index in [1.165, 1.54) is 10.9 Å². The summed E-state index contributed by atoms with van der Waals surface area (Å²) in [7, 11) is 1.59. The summed E-state index contributed by atoms with van der Waals surface area (Å²) in [4.78, 5) is 16.2. The zero-order valence-corrected chi connectivity index (χ0v) is 13.6. The average molecular weight is 320 g/mol. The third kappa shape index (κ3) is 2.44. The molecule has 0 bridgehead atoms. The number of rotatable bonds is 3. The molecule has 1 atom stereocenters. The van der Waals surface area contributed by atoms with Gasteiger partial charge in [0.1, 0.15) is 5.75 Å². The van der Waals surface area contributed by atoms with E-state index in [1.54, 1.807) is 13.2 Å². The number of ether oxygens (including phenoxy) is 1. The molecule has 0 aliphatic heterocycles. The monoisotopic (exact) mass is 320 g/mol. The van der Waals surface area contributed by atoms with Gasteiger partial charge in [-0.25, -0.2) is 0 Å². The summed E-state index contributed by atoms with van der Waals surface area (Å²) in [5.41, 5.74) is 4.19. The molecule has 0 unspecified atom stereocenters. The van der Waals surface area contributed by atoms with Crippen LogP contribution in [0, 0.1) is 0 Å². The van der Waals surface area contributed by atoms with Crippen LogP contribution in [0.1, 0.15) is 40.5 Å². The standard InChI is InChI=1S/C20H20N2O2/c1-24-18-12-5-3-8-15(18)20(23)22-17-11-6-9-14-13-7-2-4-10-16(13)21-19(14)17/h2-5,7-8,10,12,17,21H,6,9,11H2,1H3,(H,22,23)/t17-/m0/s1. The molecule has 4 rings (SSSR count). The molecule has 4 heteroatoms. The summed E-state index contributed by atoms with van der Waals surface area (Å²) in [6.07, 6.45) is 3.08. The van der Waals surface area contributed by atoms with Crippen LogP contribution in [0.5, 0.6) is 5.75 Å². The van der Waals surface area contributed by atoms with Crippen LogP contribution in [-0.2, 0) is 6.42 Å². The Balaban J connectivity index is 1.66. The minimum atomic E-state index is -0.0936. The van der Waals surface area contributed by atoms with Gasteiger partial charge in [-0.3, -0.25) is 4.79 Å². The van der Waals surface area contributed by atoms with E-state index < -0.39 is 0 Å². The van der Waals surface area contributed by atoms with E-state index in [-0.39, 0.29) is 11.9 Å². The van der Waals surface area contributed by atoms with Crippen molar-refractivity contribution in [3.05, 3.63) is 65.4 Å². The lowest BCUT2D eigenvalue weighted by Gasteiger charge is -2.24. The average Bonchev–Trinajstić information content (AvgIpc) is 3.01. The van der Waals surface area contributed by atoms with E-state index >= 15 is 0 Å². The number of H-pyrrole nitrogens is 1. The Bertz CT molecular complexity index is 898. The second kappa shape index (κ2) is 6.04. The molecule has 0 radical (unpaired) electrons. The molecule has 0 saturated heterocycles. The number of hydrogen-bond acceptors (Lipinski definition) is 2. The van der Waals surface area contributed by atoms with E-state index in [0.29, 0.717) is 11.3 Å². The molecule has 1 amide bonds. The smallest absolute Gasteiger partial charge is 0.255 e. The maximum absolute atomic E-state index is 12.7. The van der Waals surface area contributed by atoms with E-state index in [1.807, 2.05) is 24.3 Å². The number of amides is 1. The minimum absolute atomic E-state index is 0.0126. The Hall–Kier alpha value is -2.75. The third-order valence-corrected chi connectivity index (χ3v) is 4.77. The summed E-state index contributed by atoms with van der Waals surface area (Å²) in [5, 5.41) is 4.44. The van der Waals surface area contributed by atoms with E-state index in [2.05, 4.69) is 28.5 Å². The lowest BCUT2D eigenvalue weighted by atomic mass is 9.91. The number of aromatic nitrogens is 1. The maximum atomic E-state index is 12.7. The molecule has 1 heterocycles. The minimum Gasteiger partial charge on any atom is -0.496 e. The molecule has 0 spiro atoms. The molecule has 3 aromatic rings. The van der Waals surface area contributed by atoms with Crippen LogP contribution in [0.2, 0.25) is 0 Å². The lowest BCUT2D eigenvalue weighted by molar-refractivity contribution is 0.0929. The van der Waals surface area contributed by atoms with E-state index in [0.717, 1.165) is 30.5 Å². The van der Waals surface area contributed by atoms with Crippen molar-refractivity contribution < 1.29 is 9.53 Å². The summed E-state index contributed by atoms with van der Waals surface area (Å²) in [6, 6.07) is 15.7. The SMILES string of the molecule is COc1ccccc1C(=O)N[C@H]1CCCc2c1[nH]c1ccccc21. The summed E-state index contributed by atoms with van der Waals surface area (Å²) in [6.45, 7) is 0. The van der Waals surface area contributed by atoms with Crippen molar-refractivity contribution in [3.8, 4) is 5.75 Å². The first-order valence-corrected chi connectivity index (χ1v) is 8.31. The highest BCUT2D eigenvalue weighted by atomic mass is 16.5. The zero-order chi connectivity index (χ0) is 16.5. The molecule has 1 aromatic heterocycles. The van der Waals surface area contributed by atoms with Crippen molar-refractivity contribution >= 4 is 16.8 Å². The highest BCUT2D eigenvalue weighted by Gasteiger charge is 2.26. The fourth-order valence-corrected chi connectivity index (χ4v) is 3.63. The Morgan fingerprint density at radius 1 is 1.17 bits per heavy atom. The molecule has 2 aromatic carbocycles. The first-order chi connectivity index (χ1) is 11.8. The predicted octanol–water partition coefficient (Wildman–Crippen LogP) is 3.98. The topological polar surface area (TPSA) is 54.1 Å². The number of hydrogen-bond donors (Lipinski definition) is 2. The number of para-hydroxylation sites is 2.